The summed E-state index contributed by atoms with van der Waals surface area (Å²) < 4.78 is 68.8. The van der Waals surface area contributed by atoms with Crippen molar-refractivity contribution in [1.82, 2.24) is 18.7 Å². The van der Waals surface area contributed by atoms with E-state index in [1.165, 1.54) is 40.1 Å². The van der Waals surface area contributed by atoms with E-state index in [0.717, 1.165) is 12.1 Å². The third-order valence-electron chi connectivity index (χ3n) is 5.68. The highest BCUT2D eigenvalue weighted by molar-refractivity contribution is 7.98. The Balaban J connectivity index is 1.50. The van der Waals surface area contributed by atoms with Gasteiger partial charge in [0, 0.05) is 29.9 Å². The summed E-state index contributed by atoms with van der Waals surface area (Å²) in [5.74, 6) is 0.708. The standard InChI is InChI=1S/C25H19F3N4O2S2/c1-31-23(29-30-24(31)35-16-17-8-7-9-18(14-17)25(26,27)28)21-15-32(22-13-6-5-12-20(21)22)36(33,34)19-10-3-2-4-11-19/h2-15H,16H2,1H3. The average Bonchev–Trinajstić information content (AvgIpc) is 3.43. The maximum atomic E-state index is 13.4. The first-order valence-electron chi connectivity index (χ1n) is 10.8. The molecular weight excluding hydrogens is 509 g/mol. The molecular formula is C25H19F3N4O2S2. The summed E-state index contributed by atoms with van der Waals surface area (Å²) in [4.78, 5) is 0.160. The van der Waals surface area contributed by atoms with Crippen LogP contribution in [0.1, 0.15) is 11.1 Å². The van der Waals surface area contributed by atoms with Crippen LogP contribution in [0.3, 0.4) is 0 Å². The van der Waals surface area contributed by atoms with Crippen LogP contribution in [0.4, 0.5) is 13.2 Å². The maximum absolute atomic E-state index is 13.4. The van der Waals surface area contributed by atoms with Crippen molar-refractivity contribution < 1.29 is 21.6 Å². The molecule has 0 saturated heterocycles. The van der Waals surface area contributed by atoms with Crippen LogP contribution in [0.15, 0.2) is 95.1 Å². The zero-order chi connectivity index (χ0) is 25.5. The van der Waals surface area contributed by atoms with Crippen LogP contribution in [0.5, 0.6) is 0 Å². The minimum Gasteiger partial charge on any atom is -0.305 e. The lowest BCUT2D eigenvalue weighted by Gasteiger charge is -2.08. The zero-order valence-electron chi connectivity index (χ0n) is 18.8. The Labute approximate surface area is 209 Å². The van der Waals surface area contributed by atoms with Crippen molar-refractivity contribution in [2.24, 2.45) is 7.05 Å². The molecule has 2 aromatic heterocycles. The molecule has 0 bridgehead atoms. The van der Waals surface area contributed by atoms with E-state index in [1.807, 2.05) is 12.1 Å². The van der Waals surface area contributed by atoms with Gasteiger partial charge in [-0.3, -0.25) is 0 Å². The number of para-hydroxylation sites is 1. The second kappa shape index (κ2) is 9.14. The van der Waals surface area contributed by atoms with Crippen LogP contribution in [0.2, 0.25) is 0 Å². The molecule has 36 heavy (non-hydrogen) atoms. The molecule has 0 fully saturated rings. The Bertz CT molecular complexity index is 1660. The number of hydrogen-bond acceptors (Lipinski definition) is 5. The number of thioether (sulfide) groups is 1. The van der Waals surface area contributed by atoms with Crippen LogP contribution in [0.25, 0.3) is 22.3 Å². The Morgan fingerprint density at radius 2 is 1.64 bits per heavy atom. The Morgan fingerprint density at radius 3 is 2.39 bits per heavy atom. The highest BCUT2D eigenvalue weighted by atomic mass is 32.2. The summed E-state index contributed by atoms with van der Waals surface area (Å²) >= 11 is 1.25. The van der Waals surface area contributed by atoms with Gasteiger partial charge in [0.1, 0.15) is 0 Å². The number of aromatic nitrogens is 4. The highest BCUT2D eigenvalue weighted by Crippen LogP contribution is 2.34. The molecule has 0 saturated carbocycles. The highest BCUT2D eigenvalue weighted by Gasteiger charge is 2.30. The van der Waals surface area contributed by atoms with Crippen LogP contribution < -0.4 is 0 Å². The second-order valence-corrected chi connectivity index (χ2v) is 10.8. The smallest absolute Gasteiger partial charge is 0.305 e. The third kappa shape index (κ3) is 4.40. The minimum absolute atomic E-state index is 0.160. The van der Waals surface area contributed by atoms with Gasteiger partial charge in [-0.25, -0.2) is 12.4 Å². The Kier molecular flexibility index (Phi) is 6.13. The molecule has 3 aromatic carbocycles. The van der Waals surface area contributed by atoms with E-state index in [9.17, 15) is 21.6 Å². The molecule has 0 aliphatic carbocycles. The molecule has 5 rings (SSSR count). The fourth-order valence-corrected chi connectivity index (χ4v) is 6.14. The molecule has 184 valence electrons. The maximum Gasteiger partial charge on any atom is 0.416 e. The Hall–Kier alpha value is -3.57. The van der Waals surface area contributed by atoms with Crippen LogP contribution in [-0.4, -0.2) is 27.2 Å². The first-order chi connectivity index (χ1) is 17.2. The lowest BCUT2D eigenvalue weighted by Crippen LogP contribution is -2.11. The summed E-state index contributed by atoms with van der Waals surface area (Å²) in [5, 5.41) is 9.66. The molecule has 5 aromatic rings. The van der Waals surface area contributed by atoms with Crippen LogP contribution >= 0.6 is 11.8 Å². The number of benzene rings is 3. The lowest BCUT2D eigenvalue weighted by molar-refractivity contribution is -0.137. The van der Waals surface area contributed by atoms with Crippen LogP contribution in [0, 0.1) is 0 Å². The van der Waals surface area contributed by atoms with Crippen molar-refractivity contribution >= 4 is 32.7 Å². The zero-order valence-corrected chi connectivity index (χ0v) is 20.5. The van der Waals surface area contributed by atoms with E-state index >= 15 is 0 Å². The number of fused-ring (bicyclic) bond motifs is 1. The SMILES string of the molecule is Cn1c(SCc2cccc(C(F)(F)F)c2)nnc1-c1cn(S(=O)(=O)c2ccccc2)c2ccccc12. The van der Waals surface area contributed by atoms with Gasteiger partial charge < -0.3 is 4.57 Å². The quantitative estimate of drug-likeness (QED) is 0.254. The van der Waals surface area contributed by atoms with Gasteiger partial charge in [-0.15, -0.1) is 10.2 Å². The van der Waals surface area contributed by atoms with Crippen molar-refractivity contribution in [2.45, 2.75) is 22.0 Å². The molecule has 0 atom stereocenters. The monoisotopic (exact) mass is 528 g/mol. The van der Waals surface area contributed by atoms with Gasteiger partial charge in [0.05, 0.1) is 16.0 Å². The fraction of sp³-hybridized carbons (Fsp3) is 0.120. The first kappa shape index (κ1) is 24.1. The Morgan fingerprint density at radius 1 is 0.917 bits per heavy atom. The van der Waals surface area contributed by atoms with Gasteiger partial charge in [0.2, 0.25) is 0 Å². The summed E-state index contributed by atoms with van der Waals surface area (Å²) in [6.07, 6.45) is -2.88. The fourth-order valence-electron chi connectivity index (χ4n) is 3.89. The number of rotatable bonds is 6. The third-order valence-corrected chi connectivity index (χ3v) is 8.46. The van der Waals surface area contributed by atoms with Gasteiger partial charge in [-0.1, -0.05) is 66.4 Å². The minimum atomic E-state index is -4.41. The van der Waals surface area contributed by atoms with E-state index in [0.29, 0.717) is 33.0 Å². The molecule has 0 amide bonds. The summed E-state index contributed by atoms with van der Waals surface area (Å²) in [7, 11) is -2.12. The molecule has 0 radical (unpaired) electrons. The summed E-state index contributed by atoms with van der Waals surface area (Å²) in [5.41, 5.74) is 0.875. The average molecular weight is 529 g/mol. The second-order valence-electron chi connectivity index (χ2n) is 8.03. The number of halogens is 3. The van der Waals surface area contributed by atoms with Gasteiger partial charge in [0.25, 0.3) is 10.0 Å². The number of hydrogen-bond donors (Lipinski definition) is 0. The van der Waals surface area contributed by atoms with Crippen molar-refractivity contribution in [2.75, 3.05) is 0 Å². The molecule has 0 unspecified atom stereocenters. The molecule has 0 aliphatic heterocycles. The van der Waals surface area contributed by atoms with Gasteiger partial charge in [-0.2, -0.15) is 13.2 Å². The van der Waals surface area contributed by atoms with Crippen molar-refractivity contribution in [3.8, 4) is 11.4 Å². The van der Waals surface area contributed by atoms with E-state index in [1.54, 1.807) is 48.0 Å². The van der Waals surface area contributed by atoms with Crippen molar-refractivity contribution in [3.05, 3.63) is 96.2 Å². The molecule has 11 heteroatoms. The van der Waals surface area contributed by atoms with Gasteiger partial charge in [-0.05, 0) is 29.8 Å². The topological polar surface area (TPSA) is 69.8 Å². The molecule has 0 spiro atoms. The van der Waals surface area contributed by atoms with E-state index in [4.69, 9.17) is 0 Å². The largest absolute Gasteiger partial charge is 0.416 e. The van der Waals surface area contributed by atoms with Crippen molar-refractivity contribution in [1.29, 1.82) is 0 Å². The molecule has 0 N–H and O–H groups in total. The predicted molar refractivity (Wildman–Crippen MR) is 132 cm³/mol. The summed E-state index contributed by atoms with van der Waals surface area (Å²) in [6, 6.07) is 20.4. The molecule has 2 heterocycles. The van der Waals surface area contributed by atoms with Crippen molar-refractivity contribution in [3.63, 3.8) is 0 Å². The number of alkyl halides is 3. The van der Waals surface area contributed by atoms with E-state index in [2.05, 4.69) is 10.2 Å². The molecule has 0 aliphatic rings. The van der Waals surface area contributed by atoms with E-state index in [-0.39, 0.29) is 10.6 Å². The van der Waals surface area contributed by atoms with E-state index < -0.39 is 21.8 Å². The number of nitrogens with zero attached hydrogens (tertiary/aromatic N) is 4. The van der Waals surface area contributed by atoms with Crippen LogP contribution in [-0.2, 0) is 29.0 Å². The lowest BCUT2D eigenvalue weighted by atomic mass is 10.1. The predicted octanol–water partition coefficient (Wildman–Crippen LogP) is 5.98. The molecule has 6 nitrogen and oxygen atoms in total. The first-order valence-corrected chi connectivity index (χ1v) is 13.2. The van der Waals surface area contributed by atoms with Gasteiger partial charge in [0.15, 0.2) is 11.0 Å². The van der Waals surface area contributed by atoms with Gasteiger partial charge >= 0.3 is 6.18 Å². The normalized spacial score (nSPS) is 12.3. The summed E-state index contributed by atoms with van der Waals surface area (Å²) in [6.45, 7) is 0.